The summed E-state index contributed by atoms with van der Waals surface area (Å²) < 4.78 is 0. The van der Waals surface area contributed by atoms with Crippen molar-refractivity contribution in [1.29, 1.82) is 0 Å². The summed E-state index contributed by atoms with van der Waals surface area (Å²) in [5.41, 5.74) is -0.0853. The summed E-state index contributed by atoms with van der Waals surface area (Å²) in [4.78, 5) is 13.8. The van der Waals surface area contributed by atoms with Gasteiger partial charge in [0.15, 0.2) is 0 Å². The molecule has 1 amide bonds. The summed E-state index contributed by atoms with van der Waals surface area (Å²) in [7, 11) is 0. The zero-order chi connectivity index (χ0) is 13.1. The Morgan fingerprint density at radius 1 is 1.28 bits per heavy atom. The Labute approximate surface area is 105 Å². The number of nitrogens with zero attached hydrogens (tertiary/aromatic N) is 1. The van der Waals surface area contributed by atoms with Gasteiger partial charge in [-0.2, -0.15) is 0 Å². The first-order valence-corrected chi connectivity index (χ1v) is 6.08. The van der Waals surface area contributed by atoms with Gasteiger partial charge in [-0.05, 0) is 31.4 Å². The predicted octanol–water partition coefficient (Wildman–Crippen LogP) is 1.08. The number of phenols is 2. The highest BCUT2D eigenvalue weighted by Gasteiger charge is 2.31. The number of hydrogen-bond donors (Lipinski definition) is 3. The fourth-order valence-electron chi connectivity index (χ4n) is 2.15. The van der Waals surface area contributed by atoms with Crippen LogP contribution in [0.15, 0.2) is 18.2 Å². The number of carbonyl (C=O) groups is 1. The van der Waals surface area contributed by atoms with Crippen LogP contribution in [0.3, 0.4) is 0 Å². The summed E-state index contributed by atoms with van der Waals surface area (Å²) >= 11 is 0. The first kappa shape index (κ1) is 12.7. The number of aliphatic hydroxyl groups excluding tert-OH is 1. The molecule has 0 heterocycles. The molecular formula is C13H17NO4. The van der Waals surface area contributed by atoms with Crippen LogP contribution >= 0.6 is 0 Å². The van der Waals surface area contributed by atoms with E-state index < -0.39 is 5.91 Å². The standard InChI is InChI=1S/C13H17NO4/c15-8-7-14(9-3-1-4-9)13(18)12-10(16)5-2-6-11(12)17/h2,5-6,9,15-17H,1,3-4,7-8H2. The van der Waals surface area contributed by atoms with Gasteiger partial charge in [-0.15, -0.1) is 0 Å². The number of amides is 1. The van der Waals surface area contributed by atoms with E-state index in [0.717, 1.165) is 19.3 Å². The van der Waals surface area contributed by atoms with Gasteiger partial charge in [0.05, 0.1) is 6.61 Å². The van der Waals surface area contributed by atoms with Crippen LogP contribution in [0.4, 0.5) is 0 Å². The summed E-state index contributed by atoms with van der Waals surface area (Å²) in [6.07, 6.45) is 2.87. The summed E-state index contributed by atoms with van der Waals surface area (Å²) in [5, 5.41) is 28.4. The highest BCUT2D eigenvalue weighted by Crippen LogP contribution is 2.31. The lowest BCUT2D eigenvalue weighted by Gasteiger charge is -2.37. The average molecular weight is 251 g/mol. The fourth-order valence-corrected chi connectivity index (χ4v) is 2.15. The number of hydrogen-bond acceptors (Lipinski definition) is 4. The van der Waals surface area contributed by atoms with Gasteiger partial charge in [-0.25, -0.2) is 0 Å². The lowest BCUT2D eigenvalue weighted by Crippen LogP contribution is -2.45. The maximum atomic E-state index is 12.3. The third-order valence-corrected chi connectivity index (χ3v) is 3.35. The number of aliphatic hydroxyl groups is 1. The van der Waals surface area contributed by atoms with Crippen molar-refractivity contribution in [3.63, 3.8) is 0 Å². The first-order valence-electron chi connectivity index (χ1n) is 6.08. The second-order valence-corrected chi connectivity index (χ2v) is 4.48. The monoisotopic (exact) mass is 251 g/mol. The molecule has 3 N–H and O–H groups in total. The van der Waals surface area contributed by atoms with Crippen molar-refractivity contribution in [1.82, 2.24) is 4.90 Å². The molecule has 1 aliphatic rings. The number of carbonyl (C=O) groups excluding carboxylic acids is 1. The minimum absolute atomic E-state index is 0.0853. The van der Waals surface area contributed by atoms with Crippen molar-refractivity contribution in [2.75, 3.05) is 13.2 Å². The Morgan fingerprint density at radius 3 is 2.33 bits per heavy atom. The molecule has 0 atom stereocenters. The van der Waals surface area contributed by atoms with Crippen molar-refractivity contribution in [2.45, 2.75) is 25.3 Å². The maximum Gasteiger partial charge on any atom is 0.261 e. The molecule has 98 valence electrons. The summed E-state index contributed by atoms with van der Waals surface area (Å²) in [5.74, 6) is -0.895. The highest BCUT2D eigenvalue weighted by atomic mass is 16.3. The average Bonchev–Trinajstić information content (AvgIpc) is 2.25. The van der Waals surface area contributed by atoms with Crippen molar-refractivity contribution >= 4 is 5.91 Å². The van der Waals surface area contributed by atoms with E-state index in [0.29, 0.717) is 0 Å². The van der Waals surface area contributed by atoms with Crippen molar-refractivity contribution in [2.24, 2.45) is 0 Å². The molecule has 1 aliphatic carbocycles. The molecule has 1 fully saturated rings. The lowest BCUT2D eigenvalue weighted by molar-refractivity contribution is 0.0520. The van der Waals surface area contributed by atoms with Gasteiger partial charge < -0.3 is 20.2 Å². The molecule has 2 rings (SSSR count). The van der Waals surface area contributed by atoms with Crippen LogP contribution in [0.25, 0.3) is 0 Å². The van der Waals surface area contributed by atoms with Gasteiger partial charge in [-0.1, -0.05) is 6.07 Å². The third-order valence-electron chi connectivity index (χ3n) is 3.35. The third kappa shape index (κ3) is 2.26. The Morgan fingerprint density at radius 2 is 1.89 bits per heavy atom. The van der Waals surface area contributed by atoms with E-state index in [-0.39, 0.29) is 36.3 Å². The van der Waals surface area contributed by atoms with Gasteiger partial charge in [0.2, 0.25) is 0 Å². The molecule has 0 bridgehead atoms. The number of phenolic OH excluding ortho intramolecular Hbond substituents is 2. The Hall–Kier alpha value is -1.75. The van der Waals surface area contributed by atoms with E-state index in [9.17, 15) is 15.0 Å². The van der Waals surface area contributed by atoms with E-state index in [1.807, 2.05) is 0 Å². The topological polar surface area (TPSA) is 81.0 Å². The number of benzene rings is 1. The van der Waals surface area contributed by atoms with Crippen LogP contribution < -0.4 is 0 Å². The highest BCUT2D eigenvalue weighted by molar-refractivity contribution is 5.99. The quantitative estimate of drug-likeness (QED) is 0.748. The molecule has 5 heteroatoms. The van der Waals surface area contributed by atoms with Crippen molar-refractivity contribution in [3.8, 4) is 11.5 Å². The normalized spacial score (nSPS) is 15.2. The van der Waals surface area contributed by atoms with Crippen LogP contribution in [0.5, 0.6) is 11.5 Å². The Bertz CT molecular complexity index is 422. The molecule has 5 nitrogen and oxygen atoms in total. The van der Waals surface area contributed by atoms with E-state index in [1.165, 1.54) is 23.1 Å². The maximum absolute atomic E-state index is 12.3. The van der Waals surface area contributed by atoms with Gasteiger partial charge in [-0.3, -0.25) is 4.79 Å². The molecule has 18 heavy (non-hydrogen) atoms. The summed E-state index contributed by atoms with van der Waals surface area (Å²) in [6.45, 7) is 0.0911. The smallest absolute Gasteiger partial charge is 0.261 e. The van der Waals surface area contributed by atoms with Crippen LogP contribution in [-0.2, 0) is 0 Å². The second-order valence-electron chi connectivity index (χ2n) is 4.48. The van der Waals surface area contributed by atoms with Crippen LogP contribution in [0, 0.1) is 0 Å². The van der Waals surface area contributed by atoms with Crippen molar-refractivity contribution in [3.05, 3.63) is 23.8 Å². The van der Waals surface area contributed by atoms with Crippen LogP contribution in [-0.4, -0.2) is 45.3 Å². The number of rotatable bonds is 4. The lowest BCUT2D eigenvalue weighted by atomic mass is 9.91. The van der Waals surface area contributed by atoms with E-state index >= 15 is 0 Å². The molecule has 0 saturated heterocycles. The molecule has 0 aromatic heterocycles. The zero-order valence-corrected chi connectivity index (χ0v) is 10.0. The van der Waals surface area contributed by atoms with Crippen LogP contribution in [0.1, 0.15) is 29.6 Å². The van der Waals surface area contributed by atoms with Gasteiger partial charge in [0.25, 0.3) is 5.91 Å². The van der Waals surface area contributed by atoms with Crippen LogP contribution in [0.2, 0.25) is 0 Å². The predicted molar refractivity (Wildman–Crippen MR) is 65.5 cm³/mol. The van der Waals surface area contributed by atoms with Gasteiger partial charge in [0.1, 0.15) is 17.1 Å². The number of aromatic hydroxyl groups is 2. The Kier molecular flexibility index (Phi) is 3.72. The SMILES string of the molecule is O=C(c1c(O)cccc1O)N(CCO)C1CCC1. The zero-order valence-electron chi connectivity index (χ0n) is 10.0. The largest absolute Gasteiger partial charge is 0.507 e. The molecule has 0 spiro atoms. The van der Waals surface area contributed by atoms with Crippen molar-refractivity contribution < 1.29 is 20.1 Å². The molecule has 1 aromatic rings. The summed E-state index contributed by atoms with van der Waals surface area (Å²) in [6, 6.07) is 4.31. The molecule has 1 saturated carbocycles. The molecular weight excluding hydrogens is 234 g/mol. The van der Waals surface area contributed by atoms with E-state index in [2.05, 4.69) is 0 Å². The molecule has 0 unspecified atom stereocenters. The second kappa shape index (κ2) is 5.27. The minimum atomic E-state index is -0.427. The van der Waals surface area contributed by atoms with Gasteiger partial charge in [0, 0.05) is 12.6 Å². The fraction of sp³-hybridized carbons (Fsp3) is 0.462. The Balaban J connectivity index is 2.27. The molecule has 1 aromatic carbocycles. The van der Waals surface area contributed by atoms with E-state index in [4.69, 9.17) is 5.11 Å². The first-order chi connectivity index (χ1) is 8.65. The molecule has 0 radical (unpaired) electrons. The molecule has 0 aliphatic heterocycles. The van der Waals surface area contributed by atoms with E-state index in [1.54, 1.807) is 0 Å². The minimum Gasteiger partial charge on any atom is -0.507 e. The van der Waals surface area contributed by atoms with Gasteiger partial charge >= 0.3 is 0 Å².